The molecule has 11 heteroatoms. The first-order chi connectivity index (χ1) is 12.6. The maximum Gasteiger partial charge on any atom is 0.325 e. The van der Waals surface area contributed by atoms with Crippen LogP contribution in [-0.2, 0) is 28.7 Å². The van der Waals surface area contributed by atoms with Crippen molar-refractivity contribution in [1.29, 1.82) is 0 Å². The fraction of sp³-hybridized carbons (Fsp3) is 0.688. The molecule has 1 aliphatic rings. The van der Waals surface area contributed by atoms with Crippen LogP contribution in [0.3, 0.4) is 0 Å². The predicted octanol–water partition coefficient (Wildman–Crippen LogP) is -2.86. The second-order valence-electron chi connectivity index (χ2n) is 6.56. The highest BCUT2D eigenvalue weighted by Crippen LogP contribution is 2.16. The third kappa shape index (κ3) is 7.21. The number of nitrogens with two attached hydrogens (primary N) is 1. The van der Waals surface area contributed by atoms with Crippen molar-refractivity contribution in [1.82, 2.24) is 20.0 Å². The summed E-state index contributed by atoms with van der Waals surface area (Å²) in [6.45, 7) is -0.190. The molecule has 0 saturated carbocycles. The molecule has 2 unspecified atom stereocenters. The second-order valence-corrected chi connectivity index (χ2v) is 6.56. The fourth-order valence-electron chi connectivity index (χ4n) is 2.67. The molecule has 152 valence electrons. The minimum Gasteiger partial charge on any atom is -0.462 e. The highest BCUT2D eigenvalue weighted by Gasteiger charge is 2.31. The maximum absolute atomic E-state index is 12.4. The van der Waals surface area contributed by atoms with Gasteiger partial charge in [-0.2, -0.15) is 0 Å². The molecule has 0 aromatic heterocycles. The van der Waals surface area contributed by atoms with Crippen LogP contribution in [0.25, 0.3) is 0 Å². The van der Waals surface area contributed by atoms with Gasteiger partial charge in [0, 0.05) is 14.1 Å². The van der Waals surface area contributed by atoms with Gasteiger partial charge in [0.15, 0.2) is 0 Å². The summed E-state index contributed by atoms with van der Waals surface area (Å²) in [5.41, 5.74) is 5.21. The Morgan fingerprint density at radius 1 is 1.30 bits per heavy atom. The normalized spacial score (nSPS) is 17.7. The van der Waals surface area contributed by atoms with E-state index in [2.05, 4.69) is 5.32 Å². The van der Waals surface area contributed by atoms with Crippen LogP contribution in [0.1, 0.15) is 12.8 Å². The molecule has 11 nitrogen and oxygen atoms in total. The van der Waals surface area contributed by atoms with Crippen molar-refractivity contribution in [2.45, 2.75) is 24.9 Å². The molecule has 2 atom stereocenters. The standard InChI is InChI=1S/C16H27N5O6/c1-19(10-22)8-14(24)27-9-11(15(17)25)18-13(23)7-21(3)16(26)12-5-4-6-20(12)2/h10-12H,4-9H2,1-3H3,(H2,17,25)(H,18,23). The van der Waals surface area contributed by atoms with Crippen LogP contribution in [0.5, 0.6) is 0 Å². The summed E-state index contributed by atoms with van der Waals surface area (Å²) in [5.74, 6) is -2.41. The Kier molecular flexibility index (Phi) is 8.66. The first-order valence-electron chi connectivity index (χ1n) is 8.50. The Hall–Kier alpha value is -2.69. The SMILES string of the molecule is CN(C=O)CC(=O)OCC(NC(=O)CN(C)C(=O)C1CCCN1C)C(N)=O. The Labute approximate surface area is 157 Å². The van der Waals surface area contributed by atoms with Gasteiger partial charge in [-0.1, -0.05) is 0 Å². The number of esters is 1. The zero-order valence-electron chi connectivity index (χ0n) is 15.8. The molecule has 4 amide bonds. The second kappa shape index (κ2) is 10.5. The van der Waals surface area contributed by atoms with Crippen molar-refractivity contribution < 1.29 is 28.7 Å². The molecule has 27 heavy (non-hydrogen) atoms. The van der Waals surface area contributed by atoms with Crippen LogP contribution in [0.15, 0.2) is 0 Å². The molecule has 0 aromatic rings. The third-order valence-corrected chi connectivity index (χ3v) is 4.21. The van der Waals surface area contributed by atoms with Crippen LogP contribution < -0.4 is 11.1 Å². The number of carbonyl (C=O) groups is 5. The highest BCUT2D eigenvalue weighted by atomic mass is 16.5. The lowest BCUT2D eigenvalue weighted by Gasteiger charge is -2.25. The number of amides is 4. The van der Waals surface area contributed by atoms with Crippen molar-refractivity contribution in [2.24, 2.45) is 5.73 Å². The van der Waals surface area contributed by atoms with Gasteiger partial charge in [-0.05, 0) is 26.4 Å². The number of primary amides is 1. The summed E-state index contributed by atoms with van der Waals surface area (Å²) in [5, 5.41) is 2.35. The number of likely N-dealkylation sites (N-methyl/N-ethyl adjacent to an activating group) is 3. The van der Waals surface area contributed by atoms with Crippen molar-refractivity contribution in [3.63, 3.8) is 0 Å². The topological polar surface area (TPSA) is 142 Å². The molecule has 0 aromatic carbocycles. The van der Waals surface area contributed by atoms with Gasteiger partial charge >= 0.3 is 5.97 Å². The number of ether oxygens (including phenoxy) is 1. The largest absolute Gasteiger partial charge is 0.462 e. The molecule has 3 N–H and O–H groups in total. The van der Waals surface area contributed by atoms with E-state index in [4.69, 9.17) is 10.5 Å². The van der Waals surface area contributed by atoms with E-state index in [1.165, 1.54) is 19.0 Å². The van der Waals surface area contributed by atoms with Crippen molar-refractivity contribution >= 4 is 30.1 Å². The van der Waals surface area contributed by atoms with E-state index in [1.54, 1.807) is 0 Å². The predicted molar refractivity (Wildman–Crippen MR) is 94.1 cm³/mol. The van der Waals surface area contributed by atoms with Crippen molar-refractivity contribution in [3.8, 4) is 0 Å². The Morgan fingerprint density at radius 3 is 2.48 bits per heavy atom. The zero-order chi connectivity index (χ0) is 20.6. The average Bonchev–Trinajstić information content (AvgIpc) is 3.03. The fourth-order valence-corrected chi connectivity index (χ4v) is 2.67. The molecule has 1 heterocycles. The van der Waals surface area contributed by atoms with Gasteiger partial charge in [-0.3, -0.25) is 28.9 Å². The van der Waals surface area contributed by atoms with E-state index in [0.29, 0.717) is 6.41 Å². The quantitative estimate of drug-likeness (QED) is 0.304. The van der Waals surface area contributed by atoms with Crippen LogP contribution in [0.2, 0.25) is 0 Å². The van der Waals surface area contributed by atoms with E-state index >= 15 is 0 Å². The van der Waals surface area contributed by atoms with E-state index < -0.39 is 30.4 Å². The lowest BCUT2D eigenvalue weighted by atomic mass is 10.2. The maximum atomic E-state index is 12.4. The molecule has 1 rings (SSSR count). The van der Waals surface area contributed by atoms with Crippen LogP contribution in [-0.4, -0.2) is 104 Å². The van der Waals surface area contributed by atoms with Crippen molar-refractivity contribution in [3.05, 3.63) is 0 Å². The van der Waals surface area contributed by atoms with E-state index in [-0.39, 0.29) is 25.0 Å². The monoisotopic (exact) mass is 385 g/mol. The van der Waals surface area contributed by atoms with Crippen LogP contribution >= 0.6 is 0 Å². The number of likely N-dealkylation sites (tertiary alicyclic amines) is 1. The summed E-state index contributed by atoms with van der Waals surface area (Å²) in [6, 6.07) is -1.49. The Balaban J connectivity index is 2.50. The summed E-state index contributed by atoms with van der Waals surface area (Å²) < 4.78 is 4.84. The van der Waals surface area contributed by atoms with Gasteiger partial charge < -0.3 is 25.6 Å². The molecule has 1 saturated heterocycles. The smallest absolute Gasteiger partial charge is 0.325 e. The highest BCUT2D eigenvalue weighted by molar-refractivity contribution is 5.90. The van der Waals surface area contributed by atoms with E-state index in [9.17, 15) is 24.0 Å². The molecule has 1 aliphatic heterocycles. The minimum absolute atomic E-state index is 0.177. The molecule has 0 radical (unpaired) electrons. The molecule has 0 bridgehead atoms. The molecule has 1 fully saturated rings. The average molecular weight is 385 g/mol. The molecule has 0 spiro atoms. The first kappa shape index (κ1) is 22.4. The zero-order valence-corrected chi connectivity index (χ0v) is 15.8. The summed E-state index contributed by atoms with van der Waals surface area (Å²) >= 11 is 0. The Bertz CT molecular complexity index is 584. The van der Waals surface area contributed by atoms with Gasteiger partial charge in [0.1, 0.15) is 19.2 Å². The number of hydrogen-bond donors (Lipinski definition) is 2. The molecule has 0 aliphatic carbocycles. The van der Waals surface area contributed by atoms with Gasteiger partial charge in [-0.15, -0.1) is 0 Å². The van der Waals surface area contributed by atoms with Gasteiger partial charge in [0.2, 0.25) is 24.1 Å². The summed E-state index contributed by atoms with van der Waals surface area (Å²) in [6.07, 6.45) is 2.10. The van der Waals surface area contributed by atoms with E-state index in [0.717, 1.165) is 24.3 Å². The molecular weight excluding hydrogens is 358 g/mol. The van der Waals surface area contributed by atoms with Crippen molar-refractivity contribution in [2.75, 3.05) is 47.4 Å². The van der Waals surface area contributed by atoms with Crippen LogP contribution in [0, 0.1) is 0 Å². The number of nitrogens with zero attached hydrogens (tertiary/aromatic N) is 3. The minimum atomic E-state index is -1.24. The number of rotatable bonds is 10. The van der Waals surface area contributed by atoms with E-state index in [1.807, 2.05) is 11.9 Å². The lowest BCUT2D eigenvalue weighted by Crippen LogP contribution is -2.52. The number of carbonyl (C=O) groups excluding carboxylic acids is 5. The van der Waals surface area contributed by atoms with Gasteiger partial charge in [0.05, 0.1) is 12.6 Å². The van der Waals surface area contributed by atoms with Crippen LogP contribution in [0.4, 0.5) is 0 Å². The molecular formula is C16H27N5O6. The number of hydrogen-bond acceptors (Lipinski definition) is 7. The first-order valence-corrected chi connectivity index (χ1v) is 8.50. The summed E-state index contributed by atoms with van der Waals surface area (Å²) in [7, 11) is 4.74. The van der Waals surface area contributed by atoms with Gasteiger partial charge in [-0.25, -0.2) is 0 Å². The lowest BCUT2D eigenvalue weighted by molar-refractivity contribution is -0.148. The Morgan fingerprint density at radius 2 is 1.96 bits per heavy atom. The summed E-state index contributed by atoms with van der Waals surface area (Å²) in [4.78, 5) is 62.2. The third-order valence-electron chi connectivity index (χ3n) is 4.21. The van der Waals surface area contributed by atoms with Gasteiger partial charge in [0.25, 0.3) is 0 Å². The number of nitrogens with one attached hydrogen (secondary N) is 1.